The van der Waals surface area contributed by atoms with Crippen molar-refractivity contribution in [3.8, 4) is 6.07 Å². The molecule has 0 radical (unpaired) electrons. The average Bonchev–Trinajstić information content (AvgIpc) is 2.41. The van der Waals surface area contributed by atoms with Crippen molar-refractivity contribution in [1.82, 2.24) is 0 Å². The summed E-state index contributed by atoms with van der Waals surface area (Å²) >= 11 is 3.09. The van der Waals surface area contributed by atoms with Crippen molar-refractivity contribution in [3.05, 3.63) is 34.1 Å². The van der Waals surface area contributed by atoms with Crippen molar-refractivity contribution in [3.63, 3.8) is 0 Å². The summed E-state index contributed by atoms with van der Waals surface area (Å²) in [5.41, 5.74) is -0.297. The highest BCUT2D eigenvalue weighted by Gasteiger charge is 2.42. The van der Waals surface area contributed by atoms with E-state index < -0.39 is 17.3 Å². The van der Waals surface area contributed by atoms with Crippen molar-refractivity contribution in [2.75, 3.05) is 0 Å². The molecule has 3 unspecified atom stereocenters. The third-order valence-corrected chi connectivity index (χ3v) is 4.68. The van der Waals surface area contributed by atoms with E-state index in [0.717, 1.165) is 12.8 Å². The number of hydrogen-bond acceptors (Lipinski definition) is 2. The topological polar surface area (TPSA) is 44.0 Å². The highest BCUT2D eigenvalue weighted by molar-refractivity contribution is 9.10. The molecule has 19 heavy (non-hydrogen) atoms. The monoisotopic (exact) mass is 325 g/mol. The van der Waals surface area contributed by atoms with Crippen LogP contribution in [-0.2, 0) is 0 Å². The Bertz CT molecular complexity index is 513. The Labute approximate surface area is 121 Å². The maximum atomic E-state index is 13.6. The molecule has 0 aromatic heterocycles. The average molecular weight is 326 g/mol. The Balaban J connectivity index is 2.32. The molecule has 1 aliphatic carbocycles. The molecule has 1 fully saturated rings. The number of aliphatic hydroxyl groups excluding tert-OH is 1. The van der Waals surface area contributed by atoms with Crippen LogP contribution in [0.5, 0.6) is 0 Å². The number of nitriles is 1. The van der Waals surface area contributed by atoms with Crippen LogP contribution in [0, 0.1) is 28.5 Å². The summed E-state index contributed by atoms with van der Waals surface area (Å²) in [6.07, 6.45) is 2.44. The number of aliphatic hydroxyl groups is 1. The molecule has 2 rings (SSSR count). The number of nitrogens with zero attached hydrogens (tertiary/aromatic N) is 1. The minimum Gasteiger partial charge on any atom is -0.387 e. The molecular formula is C15H17BrFNO. The smallest absolute Gasteiger partial charge is 0.137 e. The van der Waals surface area contributed by atoms with Gasteiger partial charge >= 0.3 is 0 Å². The molecule has 3 atom stereocenters. The van der Waals surface area contributed by atoms with E-state index in [0.29, 0.717) is 28.8 Å². The number of halogens is 2. The van der Waals surface area contributed by atoms with Crippen molar-refractivity contribution in [2.24, 2.45) is 11.3 Å². The highest BCUT2D eigenvalue weighted by Crippen LogP contribution is 2.47. The summed E-state index contributed by atoms with van der Waals surface area (Å²) < 4.78 is 13.9. The van der Waals surface area contributed by atoms with Gasteiger partial charge in [-0.3, -0.25) is 0 Å². The minimum atomic E-state index is -0.928. The zero-order valence-electron chi connectivity index (χ0n) is 10.9. The van der Waals surface area contributed by atoms with Crippen molar-refractivity contribution < 1.29 is 9.50 Å². The van der Waals surface area contributed by atoms with Gasteiger partial charge in [-0.15, -0.1) is 0 Å². The molecule has 1 aromatic carbocycles. The van der Waals surface area contributed by atoms with E-state index in [2.05, 4.69) is 28.9 Å². The number of hydrogen-bond donors (Lipinski definition) is 1. The van der Waals surface area contributed by atoms with Crippen molar-refractivity contribution in [2.45, 2.75) is 38.7 Å². The van der Waals surface area contributed by atoms with Gasteiger partial charge in [0.15, 0.2) is 0 Å². The second kappa shape index (κ2) is 5.60. The Morgan fingerprint density at radius 3 is 2.89 bits per heavy atom. The second-order valence-electron chi connectivity index (χ2n) is 5.55. The zero-order valence-corrected chi connectivity index (χ0v) is 12.5. The van der Waals surface area contributed by atoms with E-state index >= 15 is 0 Å². The van der Waals surface area contributed by atoms with Gasteiger partial charge in [-0.25, -0.2) is 4.39 Å². The molecule has 1 saturated carbocycles. The van der Waals surface area contributed by atoms with Gasteiger partial charge in [-0.1, -0.05) is 25.8 Å². The molecule has 1 aliphatic rings. The third-order valence-electron chi connectivity index (χ3n) is 4.04. The van der Waals surface area contributed by atoms with E-state index in [1.54, 1.807) is 12.1 Å². The Morgan fingerprint density at radius 2 is 2.32 bits per heavy atom. The van der Waals surface area contributed by atoms with Crippen LogP contribution in [0.3, 0.4) is 0 Å². The first-order valence-corrected chi connectivity index (χ1v) is 7.32. The highest BCUT2D eigenvalue weighted by atomic mass is 79.9. The normalized spacial score (nSPS) is 28.7. The van der Waals surface area contributed by atoms with Gasteiger partial charge in [0.05, 0.1) is 22.1 Å². The van der Waals surface area contributed by atoms with E-state index in [4.69, 9.17) is 0 Å². The molecular weight excluding hydrogens is 309 g/mol. The largest absolute Gasteiger partial charge is 0.387 e. The fourth-order valence-electron chi connectivity index (χ4n) is 3.00. The summed E-state index contributed by atoms with van der Waals surface area (Å²) in [4.78, 5) is 0. The quantitative estimate of drug-likeness (QED) is 0.878. The van der Waals surface area contributed by atoms with Crippen LogP contribution in [-0.4, -0.2) is 5.11 Å². The zero-order chi connectivity index (χ0) is 14.0. The van der Waals surface area contributed by atoms with Crippen LogP contribution in [0.1, 0.15) is 44.3 Å². The van der Waals surface area contributed by atoms with Crippen LogP contribution in [0.25, 0.3) is 0 Å². The number of benzene rings is 1. The van der Waals surface area contributed by atoms with Crippen LogP contribution in [0.15, 0.2) is 22.7 Å². The van der Waals surface area contributed by atoms with Crippen LogP contribution < -0.4 is 0 Å². The van der Waals surface area contributed by atoms with E-state index in [1.165, 1.54) is 6.07 Å². The molecule has 0 heterocycles. The van der Waals surface area contributed by atoms with Gasteiger partial charge < -0.3 is 5.11 Å². The number of rotatable bonds is 2. The molecule has 1 aromatic rings. The Morgan fingerprint density at radius 1 is 1.58 bits per heavy atom. The molecule has 2 nitrogen and oxygen atoms in total. The lowest BCUT2D eigenvalue weighted by Gasteiger charge is -2.38. The van der Waals surface area contributed by atoms with E-state index in [1.807, 2.05) is 0 Å². The van der Waals surface area contributed by atoms with E-state index in [-0.39, 0.29) is 0 Å². The summed E-state index contributed by atoms with van der Waals surface area (Å²) in [6, 6.07) is 6.86. The van der Waals surface area contributed by atoms with E-state index in [9.17, 15) is 14.8 Å². The predicted octanol–water partition coefficient (Wildman–Crippen LogP) is 4.34. The molecule has 0 bridgehead atoms. The predicted molar refractivity (Wildman–Crippen MR) is 74.7 cm³/mol. The molecule has 0 spiro atoms. The van der Waals surface area contributed by atoms with Gasteiger partial charge in [-0.05, 0) is 52.4 Å². The third kappa shape index (κ3) is 2.82. The standard InChI is InChI=1S/C15H17BrFNO/c1-10-3-2-6-15(8-10,9-18)14(19)11-4-5-12(16)13(17)7-11/h4-5,7,10,14,19H,2-3,6,8H2,1H3. The lowest BCUT2D eigenvalue weighted by molar-refractivity contribution is 0.0217. The maximum Gasteiger partial charge on any atom is 0.137 e. The van der Waals surface area contributed by atoms with Gasteiger partial charge in [0.25, 0.3) is 0 Å². The van der Waals surface area contributed by atoms with Crippen molar-refractivity contribution in [1.29, 1.82) is 5.26 Å². The first-order valence-electron chi connectivity index (χ1n) is 6.53. The molecule has 0 amide bonds. The Hall–Kier alpha value is -0.920. The SMILES string of the molecule is CC1CCCC(C#N)(C(O)c2ccc(Br)c(F)c2)C1. The molecule has 0 aliphatic heterocycles. The summed E-state index contributed by atoms with van der Waals surface area (Å²) in [5, 5.41) is 20.0. The molecule has 102 valence electrons. The Kier molecular flexibility index (Phi) is 4.27. The fourth-order valence-corrected chi connectivity index (χ4v) is 3.25. The second-order valence-corrected chi connectivity index (χ2v) is 6.40. The summed E-state index contributed by atoms with van der Waals surface area (Å²) in [6.45, 7) is 2.10. The lowest BCUT2D eigenvalue weighted by atomic mass is 9.66. The lowest BCUT2D eigenvalue weighted by Crippen LogP contribution is -2.33. The maximum absolute atomic E-state index is 13.6. The summed E-state index contributed by atoms with van der Waals surface area (Å²) in [5.74, 6) is 0.0110. The molecule has 0 saturated heterocycles. The van der Waals surface area contributed by atoms with Crippen LogP contribution in [0.2, 0.25) is 0 Å². The molecule has 4 heteroatoms. The van der Waals surface area contributed by atoms with Gasteiger partial charge in [0, 0.05) is 0 Å². The van der Waals surface area contributed by atoms with Crippen molar-refractivity contribution >= 4 is 15.9 Å². The van der Waals surface area contributed by atoms with Crippen LogP contribution >= 0.6 is 15.9 Å². The van der Waals surface area contributed by atoms with Gasteiger partial charge in [0.2, 0.25) is 0 Å². The van der Waals surface area contributed by atoms with Gasteiger partial charge in [0.1, 0.15) is 5.82 Å². The first kappa shape index (κ1) is 14.5. The minimum absolute atomic E-state index is 0.367. The van der Waals surface area contributed by atoms with Gasteiger partial charge in [-0.2, -0.15) is 5.26 Å². The van der Waals surface area contributed by atoms with Crippen LogP contribution in [0.4, 0.5) is 4.39 Å². The molecule has 1 N–H and O–H groups in total. The fraction of sp³-hybridized carbons (Fsp3) is 0.533. The summed E-state index contributed by atoms with van der Waals surface area (Å²) in [7, 11) is 0. The first-order chi connectivity index (χ1) is 8.98.